The third-order valence-corrected chi connectivity index (χ3v) is 4.80. The maximum Gasteiger partial charge on any atom is 0.264 e. The molecule has 0 fully saturated rings. The van der Waals surface area contributed by atoms with E-state index in [2.05, 4.69) is 13.8 Å². The molecule has 1 atom stereocenters. The first-order chi connectivity index (χ1) is 10.5. The number of hydrogen-bond acceptors (Lipinski definition) is 3. The molecule has 3 nitrogen and oxygen atoms in total. The monoisotopic (exact) mass is 334 g/mol. The predicted octanol–water partition coefficient (Wildman–Crippen LogP) is 5.69. The van der Waals surface area contributed by atoms with Crippen LogP contribution in [-0.2, 0) is 14.3 Å². The Morgan fingerprint density at radius 2 is 1.23 bits per heavy atom. The molecular formula is C18H38O3S. The Morgan fingerprint density at radius 1 is 0.773 bits per heavy atom. The van der Waals surface area contributed by atoms with Gasteiger partial charge < -0.3 is 0 Å². The summed E-state index contributed by atoms with van der Waals surface area (Å²) < 4.78 is 26.5. The summed E-state index contributed by atoms with van der Waals surface area (Å²) in [5, 5.41) is 0. The molecule has 0 aromatic carbocycles. The lowest BCUT2D eigenvalue weighted by molar-refractivity contribution is 0.283. The molecule has 134 valence electrons. The molecule has 4 heteroatoms. The molecule has 22 heavy (non-hydrogen) atoms. The van der Waals surface area contributed by atoms with Crippen molar-refractivity contribution in [2.45, 2.75) is 97.3 Å². The Bertz CT molecular complexity index is 325. The van der Waals surface area contributed by atoms with Crippen LogP contribution in [0.1, 0.15) is 97.3 Å². The zero-order chi connectivity index (χ0) is 16.7. The fourth-order valence-corrected chi connectivity index (χ4v) is 3.10. The minimum atomic E-state index is -3.27. The summed E-state index contributed by atoms with van der Waals surface area (Å²) in [6.07, 6.45) is 18.2. The van der Waals surface area contributed by atoms with Crippen molar-refractivity contribution in [3.63, 3.8) is 0 Å². The van der Waals surface area contributed by atoms with Crippen LogP contribution in [-0.4, -0.2) is 21.3 Å². The molecule has 0 aliphatic rings. The first-order valence-corrected chi connectivity index (χ1v) is 11.1. The van der Waals surface area contributed by atoms with Crippen LogP contribution >= 0.6 is 0 Å². The topological polar surface area (TPSA) is 43.4 Å². The number of unbranched alkanes of at least 4 members (excludes halogenated alkanes) is 10. The van der Waals surface area contributed by atoms with Crippen LogP contribution in [0.25, 0.3) is 0 Å². The van der Waals surface area contributed by atoms with E-state index in [-0.39, 0.29) is 0 Å². The van der Waals surface area contributed by atoms with Gasteiger partial charge in [-0.2, -0.15) is 8.42 Å². The summed E-state index contributed by atoms with van der Waals surface area (Å²) >= 11 is 0. The maximum atomic E-state index is 10.8. The Hall–Kier alpha value is -0.0900. The highest BCUT2D eigenvalue weighted by molar-refractivity contribution is 7.85. The number of hydrogen-bond donors (Lipinski definition) is 0. The lowest BCUT2D eigenvalue weighted by atomic mass is 9.99. The van der Waals surface area contributed by atoms with Gasteiger partial charge in [-0.05, 0) is 12.3 Å². The van der Waals surface area contributed by atoms with Crippen LogP contribution in [0.4, 0.5) is 0 Å². The predicted molar refractivity (Wildman–Crippen MR) is 95.7 cm³/mol. The molecule has 0 aliphatic heterocycles. The summed E-state index contributed by atoms with van der Waals surface area (Å²) in [6, 6.07) is 0. The Kier molecular flexibility index (Phi) is 14.4. The summed E-state index contributed by atoms with van der Waals surface area (Å²) in [4.78, 5) is 0. The van der Waals surface area contributed by atoms with Gasteiger partial charge in [0, 0.05) is 0 Å². The summed E-state index contributed by atoms with van der Waals surface area (Å²) in [5.74, 6) is 0.556. The van der Waals surface area contributed by atoms with Gasteiger partial charge in [-0.25, -0.2) is 0 Å². The molecule has 0 unspecified atom stereocenters. The second kappa shape index (κ2) is 14.5. The first kappa shape index (κ1) is 21.9. The summed E-state index contributed by atoms with van der Waals surface area (Å²) in [7, 11) is -3.27. The highest BCUT2D eigenvalue weighted by Gasteiger charge is 2.05. The normalized spacial score (nSPS) is 13.4. The van der Waals surface area contributed by atoms with Gasteiger partial charge in [-0.3, -0.25) is 4.18 Å². The van der Waals surface area contributed by atoms with Crippen LogP contribution in [0.2, 0.25) is 0 Å². The highest BCUT2D eigenvalue weighted by Crippen LogP contribution is 2.16. The van der Waals surface area contributed by atoms with Crippen LogP contribution in [0.3, 0.4) is 0 Å². The fraction of sp³-hybridized carbons (Fsp3) is 1.00. The van der Waals surface area contributed by atoms with Crippen molar-refractivity contribution in [2.24, 2.45) is 5.92 Å². The van der Waals surface area contributed by atoms with Gasteiger partial charge in [0.25, 0.3) is 10.1 Å². The largest absolute Gasteiger partial charge is 0.270 e. The van der Waals surface area contributed by atoms with Gasteiger partial charge >= 0.3 is 0 Å². The van der Waals surface area contributed by atoms with Crippen LogP contribution < -0.4 is 0 Å². The van der Waals surface area contributed by atoms with Crippen molar-refractivity contribution in [3.8, 4) is 0 Å². The third kappa shape index (κ3) is 18.0. The summed E-state index contributed by atoms with van der Waals surface area (Å²) in [6.45, 7) is 4.78. The van der Waals surface area contributed by atoms with E-state index in [9.17, 15) is 8.42 Å². The molecular weight excluding hydrogens is 296 g/mol. The highest BCUT2D eigenvalue weighted by atomic mass is 32.2. The average molecular weight is 335 g/mol. The van der Waals surface area contributed by atoms with E-state index in [0.717, 1.165) is 12.7 Å². The molecule has 0 bridgehead atoms. The Balaban J connectivity index is 3.22. The molecule has 0 aliphatic carbocycles. The molecule has 0 saturated heterocycles. The molecule has 0 radical (unpaired) electrons. The van der Waals surface area contributed by atoms with Crippen molar-refractivity contribution in [1.82, 2.24) is 0 Å². The number of rotatable bonds is 16. The van der Waals surface area contributed by atoms with E-state index < -0.39 is 10.1 Å². The van der Waals surface area contributed by atoms with Crippen LogP contribution in [0.15, 0.2) is 0 Å². The minimum Gasteiger partial charge on any atom is -0.270 e. The van der Waals surface area contributed by atoms with Crippen LogP contribution in [0.5, 0.6) is 0 Å². The van der Waals surface area contributed by atoms with Gasteiger partial charge in [-0.1, -0.05) is 90.9 Å². The fourth-order valence-electron chi connectivity index (χ4n) is 2.70. The zero-order valence-corrected chi connectivity index (χ0v) is 15.9. The van der Waals surface area contributed by atoms with Gasteiger partial charge in [0.1, 0.15) is 0 Å². The molecule has 0 saturated carbocycles. The molecule has 0 aromatic rings. The molecule has 0 rings (SSSR count). The van der Waals surface area contributed by atoms with Crippen LogP contribution in [0, 0.1) is 5.92 Å². The summed E-state index contributed by atoms with van der Waals surface area (Å²) in [5.41, 5.74) is 0. The van der Waals surface area contributed by atoms with E-state index in [1.807, 2.05) is 0 Å². The Morgan fingerprint density at radius 3 is 1.68 bits per heavy atom. The van der Waals surface area contributed by atoms with Gasteiger partial charge in [0.05, 0.1) is 12.9 Å². The first-order valence-electron chi connectivity index (χ1n) is 9.30. The van der Waals surface area contributed by atoms with Crippen molar-refractivity contribution >= 4 is 10.1 Å². The third-order valence-electron chi connectivity index (χ3n) is 4.21. The molecule has 0 amide bonds. The van der Waals surface area contributed by atoms with Crippen molar-refractivity contribution < 1.29 is 12.6 Å². The SMILES string of the molecule is CCCCCCCCCCCCC[C@@H](C)CCOS(C)(=O)=O. The Labute approximate surface area is 139 Å². The van der Waals surface area contributed by atoms with Crippen molar-refractivity contribution in [3.05, 3.63) is 0 Å². The van der Waals surface area contributed by atoms with Gasteiger partial charge in [-0.15, -0.1) is 0 Å². The average Bonchev–Trinajstić information content (AvgIpc) is 2.43. The van der Waals surface area contributed by atoms with Gasteiger partial charge in [0.2, 0.25) is 0 Å². The lowest BCUT2D eigenvalue weighted by Crippen LogP contribution is -2.07. The standard InChI is InChI=1S/C18H38O3S/c1-4-5-6-7-8-9-10-11-12-13-14-15-18(2)16-17-21-22(3,19)20/h18H,4-17H2,1-3H3/t18-/m1/s1. The maximum absolute atomic E-state index is 10.8. The van der Waals surface area contributed by atoms with E-state index in [1.165, 1.54) is 77.0 Å². The van der Waals surface area contributed by atoms with Gasteiger partial charge in [0.15, 0.2) is 0 Å². The minimum absolute atomic E-state index is 0.331. The van der Waals surface area contributed by atoms with E-state index in [4.69, 9.17) is 4.18 Å². The molecule has 0 N–H and O–H groups in total. The second-order valence-electron chi connectivity index (χ2n) is 6.74. The quantitative estimate of drug-likeness (QED) is 0.269. The smallest absolute Gasteiger partial charge is 0.264 e. The molecule has 0 heterocycles. The molecule has 0 spiro atoms. The van der Waals surface area contributed by atoms with E-state index in [0.29, 0.717) is 12.5 Å². The molecule has 0 aromatic heterocycles. The lowest BCUT2D eigenvalue weighted by Gasteiger charge is -2.10. The zero-order valence-electron chi connectivity index (χ0n) is 15.1. The van der Waals surface area contributed by atoms with Crippen molar-refractivity contribution in [2.75, 3.05) is 12.9 Å². The van der Waals surface area contributed by atoms with E-state index >= 15 is 0 Å². The van der Waals surface area contributed by atoms with E-state index in [1.54, 1.807) is 0 Å². The second-order valence-corrected chi connectivity index (χ2v) is 8.39. The van der Waals surface area contributed by atoms with Crippen molar-refractivity contribution in [1.29, 1.82) is 0 Å².